The Balaban J connectivity index is 1.49. The number of nitriles is 1. The molecule has 0 spiro atoms. The van der Waals surface area contributed by atoms with Gasteiger partial charge in [-0.15, -0.1) is 11.3 Å². The highest BCUT2D eigenvalue weighted by atomic mass is 32.2. The molecule has 0 aliphatic heterocycles. The smallest absolute Gasteiger partial charge is 0.234 e. The predicted octanol–water partition coefficient (Wildman–Crippen LogP) is 3.78. The molecule has 5 nitrogen and oxygen atoms in total. The topological polar surface area (TPSA) is 78.7 Å². The first kappa shape index (κ1) is 16.1. The van der Waals surface area contributed by atoms with Gasteiger partial charge in [0.25, 0.3) is 0 Å². The highest BCUT2D eigenvalue weighted by Crippen LogP contribution is 2.39. The normalized spacial score (nSPS) is 12.8. The highest BCUT2D eigenvalue weighted by Gasteiger charge is 2.21. The van der Waals surface area contributed by atoms with Gasteiger partial charge >= 0.3 is 0 Å². The van der Waals surface area contributed by atoms with Gasteiger partial charge in [0, 0.05) is 16.0 Å². The molecular formula is C18H14N4OS2. The number of thiophene rings is 1. The van der Waals surface area contributed by atoms with Crippen molar-refractivity contribution in [2.45, 2.75) is 24.3 Å². The van der Waals surface area contributed by atoms with Crippen LogP contribution in [0.25, 0.3) is 10.2 Å². The van der Waals surface area contributed by atoms with E-state index in [1.54, 1.807) is 41.9 Å². The molecule has 7 heteroatoms. The van der Waals surface area contributed by atoms with Crippen LogP contribution in [0, 0.1) is 11.3 Å². The van der Waals surface area contributed by atoms with Crippen LogP contribution in [-0.2, 0) is 17.6 Å². The number of anilines is 1. The Bertz CT molecular complexity index is 1010. The van der Waals surface area contributed by atoms with Gasteiger partial charge in [-0.3, -0.25) is 4.79 Å². The second kappa shape index (κ2) is 6.82. The first-order valence-electron chi connectivity index (χ1n) is 7.92. The Hall–Kier alpha value is -2.43. The van der Waals surface area contributed by atoms with Crippen molar-refractivity contribution in [1.29, 1.82) is 5.26 Å². The van der Waals surface area contributed by atoms with E-state index < -0.39 is 0 Å². The molecule has 0 unspecified atom stereocenters. The van der Waals surface area contributed by atoms with Crippen molar-refractivity contribution < 1.29 is 4.79 Å². The Morgan fingerprint density at radius 1 is 1.36 bits per heavy atom. The summed E-state index contributed by atoms with van der Waals surface area (Å²) in [6, 6.07) is 8.97. The van der Waals surface area contributed by atoms with Crippen LogP contribution in [0.2, 0.25) is 0 Å². The van der Waals surface area contributed by atoms with Crippen molar-refractivity contribution in [2.75, 3.05) is 11.1 Å². The molecule has 0 radical (unpaired) electrons. The summed E-state index contributed by atoms with van der Waals surface area (Å²) >= 11 is 3.18. The Morgan fingerprint density at radius 3 is 3.16 bits per heavy atom. The van der Waals surface area contributed by atoms with Gasteiger partial charge in [-0.25, -0.2) is 9.97 Å². The Labute approximate surface area is 153 Å². The maximum atomic E-state index is 12.2. The minimum atomic E-state index is -0.112. The summed E-state index contributed by atoms with van der Waals surface area (Å²) < 4.78 is 0. The number of hydrogen-bond acceptors (Lipinski definition) is 6. The Morgan fingerprint density at radius 2 is 2.28 bits per heavy atom. The molecule has 25 heavy (non-hydrogen) atoms. The largest absolute Gasteiger partial charge is 0.325 e. The zero-order valence-corrected chi connectivity index (χ0v) is 14.9. The third kappa shape index (κ3) is 3.23. The molecule has 0 saturated carbocycles. The summed E-state index contributed by atoms with van der Waals surface area (Å²) in [5, 5.41) is 13.8. The molecule has 2 heterocycles. The van der Waals surface area contributed by atoms with E-state index in [2.05, 4.69) is 21.4 Å². The lowest BCUT2D eigenvalue weighted by Gasteiger charge is -2.06. The van der Waals surface area contributed by atoms with Crippen molar-refractivity contribution in [3.8, 4) is 6.07 Å². The molecule has 1 aromatic carbocycles. The molecule has 0 atom stereocenters. The van der Waals surface area contributed by atoms with Crippen molar-refractivity contribution >= 4 is 44.9 Å². The number of hydrogen-bond donors (Lipinski definition) is 1. The summed E-state index contributed by atoms with van der Waals surface area (Å²) in [4.78, 5) is 23.4. The molecule has 0 saturated heterocycles. The summed E-state index contributed by atoms with van der Waals surface area (Å²) in [5.41, 5.74) is 2.52. The third-order valence-electron chi connectivity index (χ3n) is 4.08. The van der Waals surface area contributed by atoms with Crippen LogP contribution in [0.5, 0.6) is 0 Å². The summed E-state index contributed by atoms with van der Waals surface area (Å²) in [6.45, 7) is 0. The van der Waals surface area contributed by atoms with Gasteiger partial charge in [-0.1, -0.05) is 17.8 Å². The standard InChI is InChI=1S/C18H14N4OS2/c19-8-11-3-1-4-12(7-11)22-15(23)9-24-17-16-13-5-2-6-14(13)25-18(16)21-10-20-17/h1,3-4,7,10H,2,5-6,9H2,(H,22,23). The van der Waals surface area contributed by atoms with Crippen LogP contribution in [-0.4, -0.2) is 21.6 Å². The molecule has 2 aromatic heterocycles. The molecule has 3 aromatic rings. The first-order valence-corrected chi connectivity index (χ1v) is 9.73. The van der Waals surface area contributed by atoms with Gasteiger partial charge < -0.3 is 5.32 Å². The molecule has 1 amide bonds. The molecule has 124 valence electrons. The van der Waals surface area contributed by atoms with Crippen molar-refractivity contribution in [3.63, 3.8) is 0 Å². The van der Waals surface area contributed by atoms with Crippen LogP contribution in [0.4, 0.5) is 5.69 Å². The van der Waals surface area contributed by atoms with Crippen molar-refractivity contribution in [3.05, 3.63) is 46.6 Å². The number of aryl methyl sites for hydroxylation is 2. The van der Waals surface area contributed by atoms with E-state index in [4.69, 9.17) is 5.26 Å². The van der Waals surface area contributed by atoms with Crippen LogP contribution in [0.15, 0.2) is 35.6 Å². The number of carbonyl (C=O) groups excluding carboxylic acids is 1. The molecule has 0 bridgehead atoms. The minimum Gasteiger partial charge on any atom is -0.325 e. The quantitative estimate of drug-likeness (QED) is 0.561. The van der Waals surface area contributed by atoms with E-state index in [1.807, 2.05) is 0 Å². The van der Waals surface area contributed by atoms with E-state index >= 15 is 0 Å². The van der Waals surface area contributed by atoms with E-state index in [9.17, 15) is 4.79 Å². The van der Waals surface area contributed by atoms with E-state index in [0.29, 0.717) is 11.3 Å². The lowest BCUT2D eigenvalue weighted by molar-refractivity contribution is -0.113. The number of carbonyl (C=O) groups is 1. The number of thioether (sulfide) groups is 1. The number of fused-ring (bicyclic) bond motifs is 3. The van der Waals surface area contributed by atoms with Crippen molar-refractivity contribution in [2.24, 2.45) is 0 Å². The maximum absolute atomic E-state index is 12.2. The van der Waals surface area contributed by atoms with E-state index in [0.717, 1.165) is 28.1 Å². The van der Waals surface area contributed by atoms with Gasteiger partial charge in [-0.05, 0) is 43.0 Å². The Kier molecular flexibility index (Phi) is 4.38. The van der Waals surface area contributed by atoms with E-state index in [1.165, 1.54) is 28.6 Å². The lowest BCUT2D eigenvalue weighted by Crippen LogP contribution is -2.14. The number of nitrogens with one attached hydrogen (secondary N) is 1. The minimum absolute atomic E-state index is 0.112. The second-order valence-corrected chi connectivity index (χ2v) is 7.79. The number of rotatable bonds is 4. The molecule has 4 rings (SSSR count). The maximum Gasteiger partial charge on any atom is 0.234 e. The lowest BCUT2D eigenvalue weighted by atomic mass is 10.2. The van der Waals surface area contributed by atoms with Crippen LogP contribution < -0.4 is 5.32 Å². The third-order valence-corrected chi connectivity index (χ3v) is 6.27. The second-order valence-electron chi connectivity index (χ2n) is 5.75. The van der Waals surface area contributed by atoms with Gasteiger partial charge in [0.05, 0.1) is 17.4 Å². The monoisotopic (exact) mass is 366 g/mol. The summed E-state index contributed by atoms with van der Waals surface area (Å²) in [7, 11) is 0. The van der Waals surface area contributed by atoms with Gasteiger partial charge in [-0.2, -0.15) is 5.26 Å². The fourth-order valence-corrected chi connectivity index (χ4v) is 5.13. The van der Waals surface area contributed by atoms with E-state index in [-0.39, 0.29) is 11.7 Å². The van der Waals surface area contributed by atoms with Crippen LogP contribution >= 0.6 is 23.1 Å². The summed E-state index contributed by atoms with van der Waals surface area (Å²) in [6.07, 6.45) is 4.95. The zero-order chi connectivity index (χ0) is 17.2. The van der Waals surface area contributed by atoms with Gasteiger partial charge in [0.15, 0.2) is 0 Å². The van der Waals surface area contributed by atoms with Gasteiger partial charge in [0.1, 0.15) is 16.2 Å². The highest BCUT2D eigenvalue weighted by molar-refractivity contribution is 8.00. The van der Waals surface area contributed by atoms with Gasteiger partial charge in [0.2, 0.25) is 5.91 Å². The molecular weight excluding hydrogens is 352 g/mol. The fraction of sp³-hybridized carbons (Fsp3) is 0.222. The number of aromatic nitrogens is 2. The molecule has 1 N–H and O–H groups in total. The zero-order valence-electron chi connectivity index (χ0n) is 13.3. The van der Waals surface area contributed by atoms with Crippen LogP contribution in [0.1, 0.15) is 22.4 Å². The van der Waals surface area contributed by atoms with Crippen LogP contribution in [0.3, 0.4) is 0 Å². The average Bonchev–Trinajstić information content (AvgIpc) is 3.21. The molecule has 0 fully saturated rings. The predicted molar refractivity (Wildman–Crippen MR) is 100.0 cm³/mol. The number of amides is 1. The fourth-order valence-electron chi connectivity index (χ4n) is 3.01. The molecule has 1 aliphatic carbocycles. The number of benzene rings is 1. The SMILES string of the molecule is N#Cc1cccc(NC(=O)CSc2ncnc3sc4c(c23)CCC4)c1. The van der Waals surface area contributed by atoms with Crippen molar-refractivity contribution in [1.82, 2.24) is 9.97 Å². The summed E-state index contributed by atoms with van der Waals surface area (Å²) in [5.74, 6) is 0.159. The number of nitrogens with zero attached hydrogens (tertiary/aromatic N) is 3. The molecule has 1 aliphatic rings. The first-order chi connectivity index (χ1) is 12.2. The average molecular weight is 366 g/mol.